The number of aromatic hydroxyl groups is 1. The summed E-state index contributed by atoms with van der Waals surface area (Å²) < 4.78 is 5.34. The van der Waals surface area contributed by atoms with E-state index in [2.05, 4.69) is 6.08 Å². The Labute approximate surface area is 154 Å². The summed E-state index contributed by atoms with van der Waals surface area (Å²) in [6, 6.07) is 11.3. The van der Waals surface area contributed by atoms with Gasteiger partial charge in [-0.1, -0.05) is 58.0 Å². The molecule has 138 valence electrons. The highest BCUT2D eigenvalue weighted by atomic mass is 16.5. The molecule has 26 heavy (non-hydrogen) atoms. The third-order valence-electron chi connectivity index (χ3n) is 4.23. The van der Waals surface area contributed by atoms with Gasteiger partial charge in [0.25, 0.3) is 0 Å². The molecule has 0 bridgehead atoms. The van der Waals surface area contributed by atoms with E-state index in [4.69, 9.17) is 9.84 Å². The number of carbonyl (C=O) groups is 1. The van der Waals surface area contributed by atoms with Crippen LogP contribution in [0.3, 0.4) is 0 Å². The number of ether oxygens (including phenoxy) is 1. The van der Waals surface area contributed by atoms with Crippen LogP contribution in [0.1, 0.15) is 66.6 Å². The first-order chi connectivity index (χ1) is 12.3. The Morgan fingerprint density at radius 1 is 1.04 bits per heavy atom. The second-order valence-corrected chi connectivity index (χ2v) is 6.83. The fourth-order valence-electron chi connectivity index (χ4n) is 2.97. The molecule has 0 unspecified atom stereocenters. The van der Waals surface area contributed by atoms with Crippen molar-refractivity contribution < 1.29 is 19.7 Å². The zero-order valence-corrected chi connectivity index (χ0v) is 15.7. The van der Waals surface area contributed by atoms with Gasteiger partial charge in [-0.2, -0.15) is 0 Å². The SMILES string of the molecule is C1=Cc2ccccc2OC1.CC(C)c1ccc(C(=O)O)c(O)c1C(C)C. The molecule has 0 saturated heterocycles. The van der Waals surface area contributed by atoms with Crippen molar-refractivity contribution in [3.05, 3.63) is 64.7 Å². The van der Waals surface area contributed by atoms with Gasteiger partial charge in [0.15, 0.2) is 0 Å². The van der Waals surface area contributed by atoms with Crippen molar-refractivity contribution in [1.82, 2.24) is 0 Å². The minimum absolute atomic E-state index is 0.0203. The molecular formula is C22H26O4. The molecule has 4 nitrogen and oxygen atoms in total. The maximum atomic E-state index is 10.9. The summed E-state index contributed by atoms with van der Waals surface area (Å²) in [4.78, 5) is 10.9. The minimum atomic E-state index is -1.09. The van der Waals surface area contributed by atoms with E-state index in [-0.39, 0.29) is 23.1 Å². The van der Waals surface area contributed by atoms with Crippen molar-refractivity contribution in [2.45, 2.75) is 39.5 Å². The van der Waals surface area contributed by atoms with Crippen LogP contribution in [0.15, 0.2) is 42.5 Å². The van der Waals surface area contributed by atoms with Crippen LogP contribution in [-0.2, 0) is 0 Å². The lowest BCUT2D eigenvalue weighted by Gasteiger charge is -2.18. The lowest BCUT2D eigenvalue weighted by atomic mass is 9.88. The molecule has 3 rings (SSSR count). The first-order valence-electron chi connectivity index (χ1n) is 8.80. The molecule has 1 aliphatic heterocycles. The number of carboxylic acids is 1. The quantitative estimate of drug-likeness (QED) is 0.771. The predicted molar refractivity (Wildman–Crippen MR) is 104 cm³/mol. The first kappa shape index (κ1) is 19.6. The molecule has 0 spiro atoms. The van der Waals surface area contributed by atoms with Gasteiger partial charge in [0, 0.05) is 11.1 Å². The van der Waals surface area contributed by atoms with Gasteiger partial charge in [-0.3, -0.25) is 0 Å². The number of carboxylic acid groups (broad SMARTS) is 1. The number of benzene rings is 2. The Kier molecular flexibility index (Phi) is 6.45. The minimum Gasteiger partial charge on any atom is -0.507 e. The van der Waals surface area contributed by atoms with E-state index in [1.165, 1.54) is 11.6 Å². The van der Waals surface area contributed by atoms with Gasteiger partial charge in [-0.05, 0) is 35.6 Å². The zero-order chi connectivity index (χ0) is 19.3. The summed E-state index contributed by atoms with van der Waals surface area (Å²) in [5.41, 5.74) is 2.91. The fraction of sp³-hybridized carbons (Fsp3) is 0.318. The summed E-state index contributed by atoms with van der Waals surface area (Å²) in [5.74, 6) is 0.191. The molecule has 0 aromatic heterocycles. The molecule has 2 aromatic rings. The summed E-state index contributed by atoms with van der Waals surface area (Å²) >= 11 is 0. The van der Waals surface area contributed by atoms with Crippen LogP contribution in [0.2, 0.25) is 0 Å². The Hall–Kier alpha value is -2.75. The summed E-state index contributed by atoms with van der Waals surface area (Å²) in [7, 11) is 0. The lowest BCUT2D eigenvalue weighted by molar-refractivity contribution is 0.0693. The van der Waals surface area contributed by atoms with Gasteiger partial charge >= 0.3 is 5.97 Å². The Morgan fingerprint density at radius 3 is 2.31 bits per heavy atom. The molecule has 0 aliphatic carbocycles. The van der Waals surface area contributed by atoms with Gasteiger partial charge in [-0.15, -0.1) is 0 Å². The smallest absolute Gasteiger partial charge is 0.339 e. The molecule has 4 heteroatoms. The summed E-state index contributed by atoms with van der Waals surface area (Å²) in [6.07, 6.45) is 4.10. The highest BCUT2D eigenvalue weighted by molar-refractivity contribution is 5.91. The van der Waals surface area contributed by atoms with Gasteiger partial charge in [0.1, 0.15) is 23.7 Å². The number of aromatic carboxylic acids is 1. The molecule has 2 aromatic carbocycles. The first-order valence-corrected chi connectivity index (χ1v) is 8.80. The second kappa shape index (κ2) is 8.56. The molecule has 0 saturated carbocycles. The van der Waals surface area contributed by atoms with Gasteiger partial charge in [-0.25, -0.2) is 4.79 Å². The third-order valence-corrected chi connectivity index (χ3v) is 4.23. The molecular weight excluding hydrogens is 328 g/mol. The standard InChI is InChI=1S/C13H18O3.C9H8O/c1-7(2)9-5-6-10(13(15)16)12(14)11(9)8(3)4;1-2-6-9-8(4-1)5-3-7-10-9/h5-8,14H,1-4H3,(H,15,16);1-6H,7H2. The normalized spacial score (nSPS) is 12.2. The van der Waals surface area contributed by atoms with Crippen molar-refractivity contribution in [1.29, 1.82) is 0 Å². The predicted octanol–water partition coefficient (Wildman–Crippen LogP) is 5.43. The third kappa shape index (κ3) is 4.45. The molecule has 0 radical (unpaired) electrons. The van der Waals surface area contributed by atoms with E-state index in [0.717, 1.165) is 16.9 Å². The van der Waals surface area contributed by atoms with E-state index in [0.29, 0.717) is 6.61 Å². The highest BCUT2D eigenvalue weighted by Gasteiger charge is 2.20. The monoisotopic (exact) mass is 354 g/mol. The summed E-state index contributed by atoms with van der Waals surface area (Å²) in [5, 5.41) is 18.9. The number of hydrogen-bond donors (Lipinski definition) is 2. The van der Waals surface area contributed by atoms with E-state index in [1.54, 1.807) is 6.07 Å². The molecule has 1 heterocycles. The van der Waals surface area contributed by atoms with Gasteiger partial charge in [0.05, 0.1) is 0 Å². The van der Waals surface area contributed by atoms with Crippen LogP contribution in [0.4, 0.5) is 0 Å². The molecule has 0 amide bonds. The lowest BCUT2D eigenvalue weighted by Crippen LogP contribution is -2.05. The number of fused-ring (bicyclic) bond motifs is 1. The Bertz CT molecular complexity index is 804. The highest BCUT2D eigenvalue weighted by Crippen LogP contribution is 2.35. The average molecular weight is 354 g/mol. The van der Waals surface area contributed by atoms with E-state index in [1.807, 2.05) is 58.0 Å². The van der Waals surface area contributed by atoms with Crippen LogP contribution in [0.25, 0.3) is 6.08 Å². The van der Waals surface area contributed by atoms with Crippen molar-refractivity contribution in [2.75, 3.05) is 6.61 Å². The van der Waals surface area contributed by atoms with Crippen molar-refractivity contribution in [2.24, 2.45) is 0 Å². The van der Waals surface area contributed by atoms with Crippen LogP contribution in [0.5, 0.6) is 11.5 Å². The fourth-order valence-corrected chi connectivity index (χ4v) is 2.97. The van der Waals surface area contributed by atoms with Crippen molar-refractivity contribution in [3.8, 4) is 11.5 Å². The number of rotatable bonds is 3. The summed E-state index contributed by atoms with van der Waals surface area (Å²) in [6.45, 7) is 8.67. The zero-order valence-electron chi connectivity index (χ0n) is 15.7. The largest absolute Gasteiger partial charge is 0.507 e. The van der Waals surface area contributed by atoms with Crippen molar-refractivity contribution in [3.63, 3.8) is 0 Å². The van der Waals surface area contributed by atoms with Crippen LogP contribution in [-0.4, -0.2) is 22.8 Å². The number of para-hydroxylation sites is 1. The van der Waals surface area contributed by atoms with E-state index < -0.39 is 5.97 Å². The van der Waals surface area contributed by atoms with E-state index in [9.17, 15) is 9.90 Å². The molecule has 2 N–H and O–H groups in total. The van der Waals surface area contributed by atoms with Crippen LogP contribution >= 0.6 is 0 Å². The molecule has 0 fully saturated rings. The number of hydrogen-bond acceptors (Lipinski definition) is 3. The van der Waals surface area contributed by atoms with Crippen molar-refractivity contribution >= 4 is 12.0 Å². The molecule has 1 aliphatic rings. The average Bonchev–Trinajstić information content (AvgIpc) is 2.61. The maximum absolute atomic E-state index is 10.9. The number of phenols is 1. The Balaban J connectivity index is 0.000000206. The Morgan fingerprint density at radius 2 is 1.73 bits per heavy atom. The van der Waals surface area contributed by atoms with Crippen LogP contribution < -0.4 is 4.74 Å². The second-order valence-electron chi connectivity index (χ2n) is 6.83. The van der Waals surface area contributed by atoms with E-state index >= 15 is 0 Å². The van der Waals surface area contributed by atoms with Gasteiger partial charge < -0.3 is 14.9 Å². The van der Waals surface area contributed by atoms with Crippen LogP contribution in [0, 0.1) is 0 Å². The molecule has 0 atom stereocenters. The maximum Gasteiger partial charge on any atom is 0.339 e. The van der Waals surface area contributed by atoms with Gasteiger partial charge in [0.2, 0.25) is 0 Å². The topological polar surface area (TPSA) is 66.8 Å².